The van der Waals surface area contributed by atoms with E-state index in [9.17, 15) is 19.8 Å². The van der Waals surface area contributed by atoms with Crippen molar-refractivity contribution in [1.29, 1.82) is 0 Å². The number of methoxy groups -OCH3 is 2. The summed E-state index contributed by atoms with van der Waals surface area (Å²) in [6.07, 6.45) is 9.12. The van der Waals surface area contributed by atoms with Crippen LogP contribution in [0, 0.1) is 11.8 Å². The van der Waals surface area contributed by atoms with E-state index in [-0.39, 0.29) is 58.9 Å². The SMILES string of the molecule is CCOC(=O)C1CON2CCC34C=CC(O)CC3Oc3c(OC)ccc(c34)C12.CCOC(=O)C1CON2CCC34C=CC(O)CC3Oc3c(OC)ccc(c34)C12. The number of fused-ring (bicyclic) bond motifs is 4. The van der Waals surface area contributed by atoms with Gasteiger partial charge in [-0.05, 0) is 49.9 Å². The van der Waals surface area contributed by atoms with Crippen molar-refractivity contribution in [2.45, 2.75) is 86.9 Å². The molecule has 14 heteroatoms. The maximum atomic E-state index is 12.6. The van der Waals surface area contributed by atoms with Gasteiger partial charge in [0.1, 0.15) is 24.0 Å². The van der Waals surface area contributed by atoms with Gasteiger partial charge < -0.3 is 38.6 Å². The fraction of sp³-hybridized carbons (Fsp3) is 0.571. The van der Waals surface area contributed by atoms with Gasteiger partial charge in [-0.15, -0.1) is 0 Å². The van der Waals surface area contributed by atoms with Gasteiger partial charge >= 0.3 is 11.9 Å². The number of ether oxygens (including phenoxy) is 6. The first-order valence-electron chi connectivity index (χ1n) is 19.8. The molecular formula is C42H50N2O12. The van der Waals surface area contributed by atoms with Crippen LogP contribution < -0.4 is 18.9 Å². The van der Waals surface area contributed by atoms with E-state index >= 15 is 0 Å². The van der Waals surface area contributed by atoms with Crippen LogP contribution in [0.5, 0.6) is 23.0 Å². The topological polar surface area (TPSA) is 155 Å². The zero-order valence-electron chi connectivity index (χ0n) is 32.2. The third-order valence-electron chi connectivity index (χ3n) is 13.0. The smallest absolute Gasteiger partial charge is 0.313 e. The lowest BCUT2D eigenvalue weighted by Crippen LogP contribution is -2.42. The molecule has 2 aromatic rings. The minimum atomic E-state index is -0.522. The molecule has 6 aliphatic heterocycles. The van der Waals surface area contributed by atoms with Crippen molar-refractivity contribution in [2.24, 2.45) is 11.8 Å². The lowest BCUT2D eigenvalue weighted by atomic mass is 9.68. The number of aliphatic hydroxyl groups excluding tert-OH is 2. The van der Waals surface area contributed by atoms with Crippen molar-refractivity contribution >= 4 is 11.9 Å². The van der Waals surface area contributed by atoms with E-state index in [2.05, 4.69) is 12.2 Å². The van der Waals surface area contributed by atoms with Crippen LogP contribution in [0.2, 0.25) is 0 Å². The molecule has 10 atom stereocenters. The van der Waals surface area contributed by atoms with Crippen LogP contribution in [0.4, 0.5) is 0 Å². The molecule has 0 bridgehead atoms. The predicted molar refractivity (Wildman–Crippen MR) is 198 cm³/mol. The fourth-order valence-corrected chi connectivity index (χ4v) is 10.5. The number of carbonyl (C=O) groups excluding carboxylic acids is 2. The van der Waals surface area contributed by atoms with Crippen molar-refractivity contribution in [3.63, 3.8) is 0 Å². The first-order valence-corrected chi connectivity index (χ1v) is 19.8. The summed E-state index contributed by atoms with van der Waals surface area (Å²) in [6, 6.07) is 7.38. The molecule has 2 spiro atoms. The molecule has 300 valence electrons. The average molecular weight is 775 g/mol. The Morgan fingerprint density at radius 1 is 0.714 bits per heavy atom. The number of rotatable bonds is 6. The highest BCUT2D eigenvalue weighted by molar-refractivity contribution is 5.76. The molecule has 10 unspecified atom stereocenters. The third kappa shape index (κ3) is 5.58. The van der Waals surface area contributed by atoms with E-state index in [1.807, 2.05) is 60.4 Å². The normalized spacial score (nSPS) is 35.4. The Hall–Kier alpha value is -4.18. The van der Waals surface area contributed by atoms with E-state index in [1.54, 1.807) is 14.2 Å². The number of benzene rings is 2. The van der Waals surface area contributed by atoms with Crippen LogP contribution in [-0.2, 0) is 39.6 Å². The maximum absolute atomic E-state index is 12.6. The molecular weight excluding hydrogens is 724 g/mol. The average Bonchev–Trinajstić information content (AvgIpc) is 3.94. The van der Waals surface area contributed by atoms with Crippen LogP contribution >= 0.6 is 0 Å². The largest absolute Gasteiger partial charge is 0.493 e. The molecule has 0 aromatic heterocycles. The van der Waals surface area contributed by atoms with Crippen LogP contribution in [-0.4, -0.2) is 110 Å². The van der Waals surface area contributed by atoms with Gasteiger partial charge in [-0.25, -0.2) is 0 Å². The molecule has 6 heterocycles. The Labute approximate surface area is 325 Å². The number of hydrogen-bond acceptors (Lipinski definition) is 14. The molecule has 56 heavy (non-hydrogen) atoms. The summed E-state index contributed by atoms with van der Waals surface area (Å²) < 4.78 is 34.5. The van der Waals surface area contributed by atoms with E-state index in [0.717, 1.165) is 46.6 Å². The molecule has 0 saturated carbocycles. The van der Waals surface area contributed by atoms with Gasteiger partial charge in [-0.1, -0.05) is 36.4 Å². The first kappa shape index (κ1) is 37.4. The Bertz CT molecular complexity index is 1810. The van der Waals surface area contributed by atoms with Gasteiger partial charge in [0.05, 0.1) is 75.8 Å². The number of esters is 2. The zero-order valence-corrected chi connectivity index (χ0v) is 32.2. The number of aliphatic hydroxyl groups is 2. The van der Waals surface area contributed by atoms with E-state index < -0.39 is 12.2 Å². The van der Waals surface area contributed by atoms with E-state index in [0.29, 0.717) is 63.9 Å². The predicted octanol–water partition coefficient (Wildman–Crippen LogP) is 3.77. The standard InChI is InChI=1S/2C21H25NO6/c2*1-3-26-20(24)14-11-27-22-9-8-21-7-6-12(23)10-16(21)28-19-15(25-2)5-4-13(17(19)21)18(14)22/h2*4-7,12,14,16,18,23H,3,8-11H2,1-2H3. The van der Waals surface area contributed by atoms with Gasteiger partial charge in [0, 0.05) is 37.1 Å². The lowest BCUT2D eigenvalue weighted by molar-refractivity contribution is -0.149. The summed E-state index contributed by atoms with van der Waals surface area (Å²) in [5.41, 5.74) is 3.45. The number of nitrogens with zero attached hydrogens (tertiary/aromatic N) is 2. The second kappa shape index (κ2) is 14.3. The summed E-state index contributed by atoms with van der Waals surface area (Å²) in [4.78, 5) is 37.1. The minimum absolute atomic E-state index is 0.168. The van der Waals surface area contributed by atoms with Crippen molar-refractivity contribution < 1.29 is 57.9 Å². The molecule has 14 nitrogen and oxygen atoms in total. The first-order chi connectivity index (χ1) is 27.2. The van der Waals surface area contributed by atoms with E-state index in [1.165, 1.54) is 0 Å². The number of hydrogen-bond donors (Lipinski definition) is 2. The molecule has 2 aromatic carbocycles. The molecule has 2 N–H and O–H groups in total. The van der Waals surface area contributed by atoms with Crippen LogP contribution in [0.3, 0.4) is 0 Å². The molecule has 2 aliphatic carbocycles. The second-order valence-electron chi connectivity index (χ2n) is 15.7. The maximum Gasteiger partial charge on any atom is 0.313 e. The molecule has 0 radical (unpaired) electrons. The lowest BCUT2D eigenvalue weighted by Gasteiger charge is -2.35. The van der Waals surface area contributed by atoms with Gasteiger partial charge in [0.25, 0.3) is 0 Å². The summed E-state index contributed by atoms with van der Waals surface area (Å²) >= 11 is 0. The second-order valence-corrected chi connectivity index (χ2v) is 15.7. The van der Waals surface area contributed by atoms with Crippen molar-refractivity contribution in [3.8, 4) is 23.0 Å². The van der Waals surface area contributed by atoms with Crippen LogP contribution in [0.25, 0.3) is 0 Å². The van der Waals surface area contributed by atoms with Gasteiger partial charge in [0.15, 0.2) is 23.0 Å². The Morgan fingerprint density at radius 3 is 1.54 bits per heavy atom. The summed E-state index contributed by atoms with van der Waals surface area (Å²) in [5, 5.41) is 24.2. The highest BCUT2D eigenvalue weighted by atomic mass is 16.7. The molecule has 2 saturated heterocycles. The Morgan fingerprint density at radius 2 is 1.14 bits per heavy atom. The fourth-order valence-electron chi connectivity index (χ4n) is 10.5. The summed E-state index contributed by atoms with van der Waals surface area (Å²) in [7, 11) is 3.26. The highest BCUT2D eigenvalue weighted by Gasteiger charge is 2.59. The zero-order chi connectivity index (χ0) is 38.9. The Balaban J connectivity index is 0.000000146. The number of carbonyl (C=O) groups is 2. The monoisotopic (exact) mass is 774 g/mol. The van der Waals surface area contributed by atoms with Crippen LogP contribution in [0.15, 0.2) is 48.6 Å². The van der Waals surface area contributed by atoms with Crippen molar-refractivity contribution in [3.05, 3.63) is 70.8 Å². The number of hydroxylamine groups is 4. The van der Waals surface area contributed by atoms with Gasteiger partial charge in [0.2, 0.25) is 0 Å². The van der Waals surface area contributed by atoms with Gasteiger partial charge in [-0.3, -0.25) is 19.3 Å². The molecule has 8 aliphatic rings. The minimum Gasteiger partial charge on any atom is -0.493 e. The molecule has 0 amide bonds. The summed E-state index contributed by atoms with van der Waals surface area (Å²) in [6.45, 7) is 6.28. The Kier molecular flexibility index (Phi) is 9.57. The van der Waals surface area contributed by atoms with Crippen LogP contribution in [0.1, 0.15) is 73.9 Å². The molecule has 2 fully saturated rings. The molecule has 10 rings (SSSR count). The summed E-state index contributed by atoms with van der Waals surface area (Å²) in [5.74, 6) is 1.56. The van der Waals surface area contributed by atoms with Gasteiger partial charge in [-0.2, -0.15) is 10.1 Å². The quantitative estimate of drug-likeness (QED) is 0.323. The van der Waals surface area contributed by atoms with Crippen molar-refractivity contribution in [2.75, 3.05) is 53.7 Å². The third-order valence-corrected chi connectivity index (χ3v) is 13.0. The highest BCUT2D eigenvalue weighted by Crippen LogP contribution is 2.60. The van der Waals surface area contributed by atoms with E-state index in [4.69, 9.17) is 38.1 Å². The van der Waals surface area contributed by atoms with Crippen molar-refractivity contribution in [1.82, 2.24) is 10.1 Å².